The Morgan fingerprint density at radius 2 is 2.14 bits per heavy atom. The minimum absolute atomic E-state index is 0.0944. The summed E-state index contributed by atoms with van der Waals surface area (Å²) in [4.78, 5) is 2.50. The lowest BCUT2D eigenvalue weighted by molar-refractivity contribution is -0.0474. The Hall–Kier alpha value is -0.840. The van der Waals surface area contributed by atoms with E-state index in [4.69, 9.17) is 13.9 Å². The molecule has 1 unspecified atom stereocenters. The molecule has 0 aromatic carbocycles. The fraction of sp³-hybridized carbons (Fsp3) is 0.778. The van der Waals surface area contributed by atoms with Crippen LogP contribution in [0, 0.1) is 5.92 Å². The molecule has 0 bridgehead atoms. The summed E-state index contributed by atoms with van der Waals surface area (Å²) in [6.45, 7) is 4.97. The molecule has 4 rings (SSSR count). The normalized spacial score (nSPS) is 29.0. The van der Waals surface area contributed by atoms with E-state index in [1.54, 1.807) is 6.26 Å². The van der Waals surface area contributed by atoms with Gasteiger partial charge in [-0.3, -0.25) is 4.90 Å². The van der Waals surface area contributed by atoms with Gasteiger partial charge < -0.3 is 13.9 Å². The molecule has 3 fully saturated rings. The van der Waals surface area contributed by atoms with E-state index in [2.05, 4.69) is 11.0 Å². The van der Waals surface area contributed by atoms with Crippen molar-refractivity contribution in [1.82, 2.24) is 4.90 Å². The van der Waals surface area contributed by atoms with Gasteiger partial charge in [0.2, 0.25) is 0 Å². The second-order valence-corrected chi connectivity index (χ2v) is 7.36. The third-order valence-corrected chi connectivity index (χ3v) is 5.72. The van der Waals surface area contributed by atoms with Crippen LogP contribution in [0.15, 0.2) is 23.0 Å². The zero-order valence-electron chi connectivity index (χ0n) is 13.3. The van der Waals surface area contributed by atoms with Gasteiger partial charge in [0.1, 0.15) is 0 Å². The van der Waals surface area contributed by atoms with E-state index < -0.39 is 0 Å². The first-order chi connectivity index (χ1) is 10.8. The molecule has 1 atom stereocenters. The molecular weight excluding hydrogens is 278 g/mol. The van der Waals surface area contributed by atoms with Crippen LogP contribution in [-0.4, -0.2) is 42.9 Å². The maximum Gasteiger partial charge on any atom is 0.0947 e. The summed E-state index contributed by atoms with van der Waals surface area (Å²) in [7, 11) is 0. The topological polar surface area (TPSA) is 34.8 Å². The van der Waals surface area contributed by atoms with Gasteiger partial charge in [-0.05, 0) is 37.7 Å². The van der Waals surface area contributed by atoms with E-state index >= 15 is 0 Å². The zero-order chi connectivity index (χ0) is 14.8. The first kappa shape index (κ1) is 14.7. The van der Waals surface area contributed by atoms with Crippen molar-refractivity contribution < 1.29 is 13.9 Å². The van der Waals surface area contributed by atoms with Crippen LogP contribution in [0.3, 0.4) is 0 Å². The summed E-state index contributed by atoms with van der Waals surface area (Å²) < 4.78 is 17.4. The molecule has 1 spiro atoms. The van der Waals surface area contributed by atoms with Crippen LogP contribution in [0.5, 0.6) is 0 Å². The van der Waals surface area contributed by atoms with E-state index in [9.17, 15) is 0 Å². The fourth-order valence-corrected chi connectivity index (χ4v) is 3.95. The lowest BCUT2D eigenvalue weighted by Crippen LogP contribution is -2.43. The van der Waals surface area contributed by atoms with Crippen LogP contribution >= 0.6 is 0 Å². The van der Waals surface area contributed by atoms with Crippen molar-refractivity contribution in [2.24, 2.45) is 5.92 Å². The number of piperidine rings is 1. The Morgan fingerprint density at radius 1 is 1.27 bits per heavy atom. The smallest absolute Gasteiger partial charge is 0.0947 e. The summed E-state index contributed by atoms with van der Waals surface area (Å²) in [5.74, 6) is 0.827. The highest BCUT2D eigenvalue weighted by molar-refractivity contribution is 5.05. The van der Waals surface area contributed by atoms with Crippen LogP contribution in [0.4, 0.5) is 0 Å². The summed E-state index contributed by atoms with van der Waals surface area (Å²) in [6.07, 6.45) is 11.4. The molecule has 1 aromatic heterocycles. The first-order valence-electron chi connectivity index (χ1n) is 8.80. The van der Waals surface area contributed by atoms with Gasteiger partial charge in [-0.15, -0.1) is 0 Å². The highest BCUT2D eigenvalue weighted by atomic mass is 16.6. The lowest BCUT2D eigenvalue weighted by atomic mass is 9.86. The number of nitrogens with zero attached hydrogens (tertiary/aromatic N) is 1. The molecule has 4 nitrogen and oxygen atoms in total. The van der Waals surface area contributed by atoms with Crippen LogP contribution in [0.25, 0.3) is 0 Å². The van der Waals surface area contributed by atoms with E-state index in [1.165, 1.54) is 24.8 Å². The summed E-state index contributed by atoms with van der Waals surface area (Å²) in [6, 6.07) is 2.06. The third-order valence-electron chi connectivity index (χ3n) is 5.72. The van der Waals surface area contributed by atoms with E-state index in [0.29, 0.717) is 6.10 Å². The van der Waals surface area contributed by atoms with Crippen molar-refractivity contribution in [1.29, 1.82) is 0 Å². The average Bonchev–Trinajstić information content (AvgIpc) is 3.11. The molecule has 1 aromatic rings. The van der Waals surface area contributed by atoms with Crippen molar-refractivity contribution in [3.63, 3.8) is 0 Å². The first-order valence-corrected chi connectivity index (χ1v) is 8.80. The largest absolute Gasteiger partial charge is 0.472 e. The molecule has 0 radical (unpaired) electrons. The minimum Gasteiger partial charge on any atom is -0.472 e. The van der Waals surface area contributed by atoms with Gasteiger partial charge in [-0.1, -0.05) is 6.42 Å². The van der Waals surface area contributed by atoms with E-state index in [0.717, 1.165) is 58.0 Å². The number of likely N-dealkylation sites (tertiary alicyclic amines) is 1. The van der Waals surface area contributed by atoms with Crippen molar-refractivity contribution in [2.75, 3.05) is 26.3 Å². The van der Waals surface area contributed by atoms with Gasteiger partial charge in [-0.2, -0.15) is 0 Å². The SMILES string of the molecule is c1cc(CN2CCC3(CC2)CC(OCC2CCC2)CO3)co1. The number of rotatable bonds is 5. The Kier molecular flexibility index (Phi) is 4.25. The summed E-state index contributed by atoms with van der Waals surface area (Å²) in [5, 5.41) is 0. The maximum atomic E-state index is 6.19. The Labute approximate surface area is 132 Å². The monoisotopic (exact) mass is 305 g/mol. The molecule has 22 heavy (non-hydrogen) atoms. The molecule has 122 valence electrons. The highest BCUT2D eigenvalue weighted by Crippen LogP contribution is 2.38. The Balaban J connectivity index is 1.22. The standard InChI is InChI=1S/C18H27NO3/c1-2-15(3-1)13-21-17-10-18(22-14-17)5-7-19(8-6-18)11-16-4-9-20-12-16/h4,9,12,15,17H,1-3,5-8,10-11,13-14H2. The van der Waals surface area contributed by atoms with Gasteiger partial charge in [0.05, 0.1) is 30.8 Å². The van der Waals surface area contributed by atoms with Crippen LogP contribution in [0.2, 0.25) is 0 Å². The molecule has 0 amide bonds. The number of ether oxygens (including phenoxy) is 2. The minimum atomic E-state index is 0.0944. The van der Waals surface area contributed by atoms with Crippen molar-refractivity contribution in [3.8, 4) is 0 Å². The molecule has 2 aliphatic heterocycles. The number of hydrogen-bond donors (Lipinski definition) is 0. The van der Waals surface area contributed by atoms with E-state index in [-0.39, 0.29) is 5.60 Å². The number of hydrogen-bond acceptors (Lipinski definition) is 4. The molecule has 1 aliphatic carbocycles. The Bertz CT molecular complexity index is 461. The fourth-order valence-electron chi connectivity index (χ4n) is 3.95. The van der Waals surface area contributed by atoms with Gasteiger partial charge in [-0.25, -0.2) is 0 Å². The highest BCUT2D eigenvalue weighted by Gasteiger charge is 2.43. The molecule has 3 aliphatic rings. The van der Waals surface area contributed by atoms with Gasteiger partial charge in [0, 0.05) is 38.2 Å². The zero-order valence-corrected chi connectivity index (χ0v) is 13.3. The maximum absolute atomic E-state index is 6.19. The molecular formula is C18H27NO3. The predicted octanol–water partition coefficient (Wildman–Crippen LogP) is 3.22. The molecule has 2 saturated heterocycles. The van der Waals surface area contributed by atoms with Crippen molar-refractivity contribution in [2.45, 2.75) is 56.8 Å². The number of furan rings is 1. The summed E-state index contributed by atoms with van der Waals surface area (Å²) >= 11 is 0. The molecule has 4 heteroatoms. The molecule has 3 heterocycles. The second kappa shape index (κ2) is 6.34. The van der Waals surface area contributed by atoms with E-state index in [1.807, 2.05) is 6.26 Å². The van der Waals surface area contributed by atoms with Crippen LogP contribution in [-0.2, 0) is 16.0 Å². The lowest BCUT2D eigenvalue weighted by Gasteiger charge is -2.38. The predicted molar refractivity (Wildman–Crippen MR) is 83.6 cm³/mol. The molecule has 1 saturated carbocycles. The van der Waals surface area contributed by atoms with Crippen molar-refractivity contribution >= 4 is 0 Å². The third kappa shape index (κ3) is 3.24. The van der Waals surface area contributed by atoms with Crippen molar-refractivity contribution in [3.05, 3.63) is 24.2 Å². The van der Waals surface area contributed by atoms with Gasteiger partial charge >= 0.3 is 0 Å². The summed E-state index contributed by atoms with van der Waals surface area (Å²) in [5.41, 5.74) is 1.36. The average molecular weight is 305 g/mol. The van der Waals surface area contributed by atoms with Crippen LogP contribution in [0.1, 0.15) is 44.1 Å². The molecule has 0 N–H and O–H groups in total. The second-order valence-electron chi connectivity index (χ2n) is 7.36. The van der Waals surface area contributed by atoms with Gasteiger partial charge in [0.25, 0.3) is 0 Å². The Morgan fingerprint density at radius 3 is 2.82 bits per heavy atom. The van der Waals surface area contributed by atoms with Crippen LogP contribution < -0.4 is 0 Å². The van der Waals surface area contributed by atoms with Gasteiger partial charge in [0.15, 0.2) is 0 Å². The quantitative estimate of drug-likeness (QED) is 0.836.